The van der Waals surface area contributed by atoms with Crippen LogP contribution in [0.15, 0.2) is 0 Å². The number of carbonyl (C=O) groups excluding carboxylic acids is 1. The highest BCUT2D eigenvalue weighted by molar-refractivity contribution is 5.80. The summed E-state index contributed by atoms with van der Waals surface area (Å²) in [5.74, 6) is 1.25. The molecule has 0 spiro atoms. The Hall–Kier alpha value is -0.610. The topological polar surface area (TPSA) is 41.6 Å². The lowest BCUT2D eigenvalue weighted by atomic mass is 9.85. The van der Waals surface area contributed by atoms with Crippen molar-refractivity contribution in [3.63, 3.8) is 0 Å². The molecule has 0 aromatic carbocycles. The first-order valence-electron chi connectivity index (χ1n) is 6.65. The van der Waals surface area contributed by atoms with Gasteiger partial charge in [-0.3, -0.25) is 4.79 Å². The van der Waals surface area contributed by atoms with E-state index in [1.165, 1.54) is 26.6 Å². The Bertz CT molecular complexity index is 295. The maximum atomic E-state index is 11.7. The van der Waals surface area contributed by atoms with Gasteiger partial charge in [0.25, 0.3) is 0 Å². The van der Waals surface area contributed by atoms with Crippen LogP contribution in [0, 0.1) is 11.8 Å². The maximum Gasteiger partial charge on any atom is 0.325 e. The predicted molar refractivity (Wildman–Crippen MR) is 66.8 cm³/mol. The molecular formula is C13H24N2O2. The van der Waals surface area contributed by atoms with E-state index < -0.39 is 5.54 Å². The molecule has 3 unspecified atom stereocenters. The summed E-state index contributed by atoms with van der Waals surface area (Å²) < 4.78 is 4.88. The van der Waals surface area contributed by atoms with E-state index in [9.17, 15) is 4.79 Å². The smallest absolute Gasteiger partial charge is 0.325 e. The Morgan fingerprint density at radius 3 is 2.88 bits per heavy atom. The second kappa shape index (κ2) is 4.94. The molecule has 98 valence electrons. The fourth-order valence-electron chi connectivity index (χ4n) is 3.27. The van der Waals surface area contributed by atoms with E-state index in [-0.39, 0.29) is 5.97 Å². The third-order valence-electron chi connectivity index (χ3n) is 4.48. The van der Waals surface area contributed by atoms with Crippen molar-refractivity contribution >= 4 is 5.97 Å². The summed E-state index contributed by atoms with van der Waals surface area (Å²) >= 11 is 0. The van der Waals surface area contributed by atoms with Gasteiger partial charge in [0, 0.05) is 6.54 Å². The Balaban J connectivity index is 1.92. The molecule has 2 fully saturated rings. The molecule has 4 nitrogen and oxygen atoms in total. The molecule has 4 heteroatoms. The number of esters is 1. The first kappa shape index (κ1) is 12.8. The van der Waals surface area contributed by atoms with E-state index >= 15 is 0 Å². The molecule has 2 heterocycles. The number of rotatable bonds is 3. The lowest BCUT2D eigenvalue weighted by Crippen LogP contribution is -2.45. The van der Waals surface area contributed by atoms with Crippen molar-refractivity contribution in [2.75, 3.05) is 33.3 Å². The van der Waals surface area contributed by atoms with Gasteiger partial charge in [-0.25, -0.2) is 0 Å². The average molecular weight is 240 g/mol. The number of hydrogen-bond donors (Lipinski definition) is 1. The van der Waals surface area contributed by atoms with Crippen molar-refractivity contribution in [3.05, 3.63) is 0 Å². The number of nitrogens with zero attached hydrogens (tertiary/aromatic N) is 1. The lowest BCUT2D eigenvalue weighted by Gasteiger charge is -2.22. The molecule has 2 aliphatic heterocycles. The monoisotopic (exact) mass is 240 g/mol. The summed E-state index contributed by atoms with van der Waals surface area (Å²) in [5.41, 5.74) is -0.459. The third-order valence-corrected chi connectivity index (χ3v) is 4.48. The molecule has 0 aromatic heterocycles. The summed E-state index contributed by atoms with van der Waals surface area (Å²) in [6, 6.07) is 0. The second-order valence-corrected chi connectivity index (χ2v) is 5.61. The van der Waals surface area contributed by atoms with E-state index in [0.29, 0.717) is 5.92 Å². The number of likely N-dealkylation sites (tertiary alicyclic amines) is 1. The zero-order valence-electron chi connectivity index (χ0n) is 11.2. The van der Waals surface area contributed by atoms with Gasteiger partial charge in [0.05, 0.1) is 7.11 Å². The van der Waals surface area contributed by atoms with Crippen molar-refractivity contribution in [3.8, 4) is 0 Å². The van der Waals surface area contributed by atoms with Crippen LogP contribution >= 0.6 is 0 Å². The summed E-state index contributed by atoms with van der Waals surface area (Å²) in [5, 5.41) is 3.35. The Labute approximate surface area is 104 Å². The summed E-state index contributed by atoms with van der Waals surface area (Å²) in [6.45, 7) is 8.69. The average Bonchev–Trinajstić information content (AvgIpc) is 2.94. The minimum absolute atomic E-state index is 0.120. The van der Waals surface area contributed by atoms with Gasteiger partial charge in [-0.1, -0.05) is 6.92 Å². The van der Waals surface area contributed by atoms with Gasteiger partial charge in [-0.15, -0.1) is 0 Å². The molecule has 0 aliphatic carbocycles. The van der Waals surface area contributed by atoms with Gasteiger partial charge in [0.2, 0.25) is 0 Å². The van der Waals surface area contributed by atoms with E-state index in [0.717, 1.165) is 25.4 Å². The van der Waals surface area contributed by atoms with Crippen molar-refractivity contribution in [2.24, 2.45) is 11.8 Å². The van der Waals surface area contributed by atoms with Gasteiger partial charge in [0.1, 0.15) is 5.54 Å². The highest BCUT2D eigenvalue weighted by Gasteiger charge is 2.45. The lowest BCUT2D eigenvalue weighted by molar-refractivity contribution is -0.147. The summed E-state index contributed by atoms with van der Waals surface area (Å²) in [6.07, 6.45) is 2.19. The fourth-order valence-corrected chi connectivity index (χ4v) is 3.27. The minimum Gasteiger partial charge on any atom is -0.468 e. The van der Waals surface area contributed by atoms with E-state index in [2.05, 4.69) is 17.1 Å². The minimum atomic E-state index is -0.459. The fraction of sp³-hybridized carbons (Fsp3) is 0.923. The van der Waals surface area contributed by atoms with Gasteiger partial charge in [-0.2, -0.15) is 0 Å². The molecule has 2 rings (SSSR count). The molecule has 0 amide bonds. The van der Waals surface area contributed by atoms with Crippen LogP contribution < -0.4 is 5.32 Å². The number of methoxy groups -OCH3 is 1. The van der Waals surface area contributed by atoms with Crippen LogP contribution in [0.4, 0.5) is 0 Å². The van der Waals surface area contributed by atoms with Crippen LogP contribution in [0.25, 0.3) is 0 Å². The zero-order chi connectivity index (χ0) is 12.5. The predicted octanol–water partition coefficient (Wildman–Crippen LogP) is 0.869. The van der Waals surface area contributed by atoms with Crippen LogP contribution in [0.2, 0.25) is 0 Å². The molecule has 1 N–H and O–H groups in total. The molecule has 2 aliphatic rings. The summed E-state index contributed by atoms with van der Waals surface area (Å²) in [4.78, 5) is 14.2. The van der Waals surface area contributed by atoms with Gasteiger partial charge in [-0.05, 0) is 51.2 Å². The SMILES string of the molecule is CCN1CCC(C2CNC(C)(C(=O)OC)C2)C1. The maximum absolute atomic E-state index is 11.7. The Morgan fingerprint density at radius 2 is 2.29 bits per heavy atom. The van der Waals surface area contributed by atoms with Crippen LogP contribution in [0.1, 0.15) is 26.7 Å². The van der Waals surface area contributed by atoms with E-state index in [4.69, 9.17) is 4.74 Å². The molecule has 0 aromatic rings. The molecule has 0 radical (unpaired) electrons. The largest absolute Gasteiger partial charge is 0.468 e. The van der Waals surface area contributed by atoms with Gasteiger partial charge >= 0.3 is 5.97 Å². The molecule has 2 saturated heterocycles. The van der Waals surface area contributed by atoms with Crippen LogP contribution in [-0.2, 0) is 9.53 Å². The van der Waals surface area contributed by atoms with Crippen molar-refractivity contribution in [1.82, 2.24) is 10.2 Å². The molecule has 17 heavy (non-hydrogen) atoms. The van der Waals surface area contributed by atoms with Crippen LogP contribution in [0.3, 0.4) is 0 Å². The standard InChI is InChI=1S/C13H24N2O2/c1-4-15-6-5-10(9-15)11-7-13(2,14-8-11)12(16)17-3/h10-11,14H,4-9H2,1-3H3. The molecule has 0 saturated carbocycles. The highest BCUT2D eigenvalue weighted by Crippen LogP contribution is 2.34. The Kier molecular flexibility index (Phi) is 3.73. The van der Waals surface area contributed by atoms with E-state index in [1.807, 2.05) is 6.92 Å². The second-order valence-electron chi connectivity index (χ2n) is 5.61. The molecule has 3 atom stereocenters. The summed E-state index contributed by atoms with van der Waals surface area (Å²) in [7, 11) is 1.47. The van der Waals surface area contributed by atoms with Crippen molar-refractivity contribution in [2.45, 2.75) is 32.2 Å². The quantitative estimate of drug-likeness (QED) is 0.743. The van der Waals surface area contributed by atoms with E-state index in [1.54, 1.807) is 0 Å². The van der Waals surface area contributed by atoms with Crippen LogP contribution in [0.5, 0.6) is 0 Å². The normalized spacial score (nSPS) is 38.5. The van der Waals surface area contributed by atoms with Gasteiger partial charge < -0.3 is 15.0 Å². The molecular weight excluding hydrogens is 216 g/mol. The zero-order valence-corrected chi connectivity index (χ0v) is 11.2. The number of nitrogens with one attached hydrogen (secondary N) is 1. The number of carbonyl (C=O) groups is 1. The Morgan fingerprint density at radius 1 is 1.53 bits per heavy atom. The first-order chi connectivity index (χ1) is 8.09. The first-order valence-corrected chi connectivity index (χ1v) is 6.65. The number of hydrogen-bond acceptors (Lipinski definition) is 4. The van der Waals surface area contributed by atoms with Crippen LogP contribution in [-0.4, -0.2) is 49.7 Å². The van der Waals surface area contributed by atoms with Crippen molar-refractivity contribution < 1.29 is 9.53 Å². The number of ether oxygens (including phenoxy) is 1. The van der Waals surface area contributed by atoms with Crippen molar-refractivity contribution in [1.29, 1.82) is 0 Å². The van der Waals surface area contributed by atoms with Gasteiger partial charge in [0.15, 0.2) is 0 Å². The molecule has 0 bridgehead atoms. The third kappa shape index (κ3) is 2.47. The highest BCUT2D eigenvalue weighted by atomic mass is 16.5.